The molecule has 1 aliphatic carbocycles. The highest BCUT2D eigenvalue weighted by Crippen LogP contribution is 2.30. The van der Waals surface area contributed by atoms with Gasteiger partial charge in [0, 0.05) is 12.2 Å². The molecule has 2 heterocycles. The van der Waals surface area contributed by atoms with Crippen molar-refractivity contribution in [2.75, 3.05) is 10.7 Å². The molecule has 0 saturated carbocycles. The van der Waals surface area contributed by atoms with Gasteiger partial charge in [-0.15, -0.1) is 0 Å². The predicted octanol–water partition coefficient (Wildman–Crippen LogP) is 4.68. The van der Waals surface area contributed by atoms with Crippen molar-refractivity contribution in [1.29, 1.82) is 5.26 Å². The first-order chi connectivity index (χ1) is 18.5. The zero-order chi connectivity index (χ0) is 26.5. The van der Waals surface area contributed by atoms with Gasteiger partial charge in [-0.25, -0.2) is 9.88 Å². The minimum absolute atomic E-state index is 0.0105. The van der Waals surface area contributed by atoms with Gasteiger partial charge in [0.25, 0.3) is 5.91 Å². The Bertz CT molecular complexity index is 1390. The average Bonchev–Trinajstić information content (AvgIpc) is 3.09. The van der Waals surface area contributed by atoms with Crippen LogP contribution in [0, 0.1) is 11.3 Å². The van der Waals surface area contributed by atoms with E-state index in [-0.39, 0.29) is 30.5 Å². The van der Waals surface area contributed by atoms with E-state index < -0.39 is 11.9 Å². The molecule has 192 valence electrons. The average molecular weight is 525 g/mol. The molecule has 0 N–H and O–H groups in total. The van der Waals surface area contributed by atoms with Crippen LogP contribution >= 0.6 is 11.8 Å². The number of aromatic nitrogens is 1. The fourth-order valence-electron chi connectivity index (χ4n) is 5.05. The van der Waals surface area contributed by atoms with Gasteiger partial charge in [-0.1, -0.05) is 66.7 Å². The van der Waals surface area contributed by atoms with E-state index >= 15 is 0 Å². The summed E-state index contributed by atoms with van der Waals surface area (Å²) in [5.41, 5.74) is 3.97. The second-order valence-corrected chi connectivity index (χ2v) is 10.5. The zero-order valence-corrected chi connectivity index (χ0v) is 21.8. The Balaban J connectivity index is 1.39. The van der Waals surface area contributed by atoms with Crippen molar-refractivity contribution >= 4 is 35.2 Å². The molecule has 0 spiro atoms. The first kappa shape index (κ1) is 25.7. The van der Waals surface area contributed by atoms with Gasteiger partial charge in [0.1, 0.15) is 17.1 Å². The molecule has 7 nitrogen and oxygen atoms in total. The third-order valence-electron chi connectivity index (χ3n) is 7.00. The van der Waals surface area contributed by atoms with Crippen LogP contribution in [0.4, 0.5) is 5.69 Å². The van der Waals surface area contributed by atoms with Gasteiger partial charge in [0.05, 0.1) is 23.4 Å². The fourth-order valence-corrected chi connectivity index (χ4v) is 5.92. The number of hydrogen-bond acceptors (Lipinski definition) is 6. The summed E-state index contributed by atoms with van der Waals surface area (Å²) in [5, 5.41) is 10.3. The number of thioether (sulfide) groups is 1. The van der Waals surface area contributed by atoms with Gasteiger partial charge in [0.15, 0.2) is 0 Å². The maximum absolute atomic E-state index is 13.7. The van der Waals surface area contributed by atoms with E-state index in [2.05, 4.69) is 6.07 Å². The number of para-hydroxylation sites is 1. The Morgan fingerprint density at radius 2 is 1.74 bits per heavy atom. The molecule has 1 unspecified atom stereocenters. The molecule has 0 radical (unpaired) electrons. The Kier molecular flexibility index (Phi) is 7.85. The molecule has 2 aromatic carbocycles. The summed E-state index contributed by atoms with van der Waals surface area (Å²) in [5.74, 6) is -1.00. The van der Waals surface area contributed by atoms with Crippen LogP contribution in [0.25, 0.3) is 0 Å². The van der Waals surface area contributed by atoms with E-state index in [1.807, 2.05) is 42.5 Å². The molecular weight excluding hydrogens is 496 g/mol. The fraction of sp³-hybridized carbons (Fsp3) is 0.300. The number of carbonyl (C=O) groups is 3. The van der Waals surface area contributed by atoms with Crippen molar-refractivity contribution < 1.29 is 14.4 Å². The van der Waals surface area contributed by atoms with Crippen molar-refractivity contribution in [3.8, 4) is 6.07 Å². The summed E-state index contributed by atoms with van der Waals surface area (Å²) < 4.78 is 0. The molecule has 0 bridgehead atoms. The van der Waals surface area contributed by atoms with Crippen molar-refractivity contribution in [2.24, 2.45) is 0 Å². The lowest BCUT2D eigenvalue weighted by Gasteiger charge is -2.28. The number of carbonyl (C=O) groups excluding carboxylic acids is 3. The van der Waals surface area contributed by atoms with E-state index in [0.29, 0.717) is 16.3 Å². The summed E-state index contributed by atoms with van der Waals surface area (Å²) >= 11 is 1.22. The van der Waals surface area contributed by atoms with Gasteiger partial charge in [-0.2, -0.15) is 5.26 Å². The molecule has 2 aliphatic rings. The first-order valence-corrected chi connectivity index (χ1v) is 13.8. The van der Waals surface area contributed by atoms with Crippen LogP contribution in [0.15, 0.2) is 71.8 Å². The quantitative estimate of drug-likeness (QED) is 0.253. The van der Waals surface area contributed by atoms with Crippen LogP contribution in [0.3, 0.4) is 0 Å². The van der Waals surface area contributed by atoms with Crippen LogP contribution in [0.1, 0.15) is 48.1 Å². The molecule has 1 fully saturated rings. The lowest BCUT2D eigenvalue weighted by molar-refractivity contribution is -0.136. The number of fused-ring (bicyclic) bond motifs is 1. The summed E-state index contributed by atoms with van der Waals surface area (Å²) in [7, 11) is 0. The second-order valence-electron chi connectivity index (χ2n) is 9.54. The lowest BCUT2D eigenvalue weighted by atomic mass is 10.1. The molecule has 38 heavy (non-hydrogen) atoms. The predicted molar refractivity (Wildman–Crippen MR) is 145 cm³/mol. The van der Waals surface area contributed by atoms with Gasteiger partial charge < -0.3 is 4.90 Å². The highest BCUT2D eigenvalue weighted by atomic mass is 32.2. The molecule has 3 amide bonds. The van der Waals surface area contributed by atoms with Crippen LogP contribution in [-0.4, -0.2) is 39.4 Å². The number of benzene rings is 2. The van der Waals surface area contributed by atoms with Crippen LogP contribution in [-0.2, 0) is 33.8 Å². The summed E-state index contributed by atoms with van der Waals surface area (Å²) in [6.45, 7) is 0.204. The smallest absolute Gasteiger partial charge is 0.257 e. The Hall–Kier alpha value is -3.96. The standard InChI is InChI=1S/C30H28N4O3S/c31-18-23-16-22-12-6-2-9-15-25(22)32-29(23)38-20-28(36)33(19-21-10-4-1-5-11-21)26-17-27(35)34(30(26)37)24-13-7-3-8-14-24/h1,3-5,7-8,10-11,13-14,16,26H,2,6,9,12,15,17,19-20H2. The molecule has 8 heteroatoms. The van der Waals surface area contributed by atoms with Crippen molar-refractivity contribution in [3.63, 3.8) is 0 Å². The van der Waals surface area contributed by atoms with E-state index in [9.17, 15) is 19.6 Å². The number of nitriles is 1. The normalized spacial score (nSPS) is 17.0. The monoisotopic (exact) mass is 524 g/mol. The minimum Gasteiger partial charge on any atom is -0.325 e. The number of amides is 3. The number of rotatable bonds is 7. The van der Waals surface area contributed by atoms with Gasteiger partial charge >= 0.3 is 0 Å². The summed E-state index contributed by atoms with van der Waals surface area (Å²) in [6.07, 6.45) is 5.01. The molecule has 3 aromatic rings. The number of hydrogen-bond donors (Lipinski definition) is 0. The van der Waals surface area contributed by atoms with E-state index in [0.717, 1.165) is 48.9 Å². The molecule has 5 rings (SSSR count). The maximum atomic E-state index is 13.7. The van der Waals surface area contributed by atoms with Crippen molar-refractivity contribution in [3.05, 3.63) is 89.1 Å². The van der Waals surface area contributed by atoms with E-state index in [4.69, 9.17) is 4.98 Å². The second kappa shape index (κ2) is 11.6. The van der Waals surface area contributed by atoms with Crippen LogP contribution in [0.2, 0.25) is 0 Å². The Labute approximate surface area is 226 Å². The highest BCUT2D eigenvalue weighted by molar-refractivity contribution is 8.00. The maximum Gasteiger partial charge on any atom is 0.257 e. The molecule has 1 atom stereocenters. The summed E-state index contributed by atoms with van der Waals surface area (Å²) in [4.78, 5) is 47.5. The number of aryl methyl sites for hydroxylation is 2. The third-order valence-corrected chi connectivity index (χ3v) is 7.97. The van der Waals surface area contributed by atoms with Crippen molar-refractivity contribution in [2.45, 2.75) is 56.1 Å². The van der Waals surface area contributed by atoms with Crippen molar-refractivity contribution in [1.82, 2.24) is 9.88 Å². The number of pyridine rings is 1. The highest BCUT2D eigenvalue weighted by Gasteiger charge is 2.44. The van der Waals surface area contributed by atoms with Gasteiger partial charge in [-0.05, 0) is 55.0 Å². The van der Waals surface area contributed by atoms with E-state index in [1.54, 1.807) is 24.3 Å². The summed E-state index contributed by atoms with van der Waals surface area (Å²) in [6, 6.07) is 21.5. The molecular formula is C30H28N4O3S. The topological polar surface area (TPSA) is 94.4 Å². The number of anilines is 1. The minimum atomic E-state index is -0.897. The molecule has 1 aromatic heterocycles. The number of nitrogens with zero attached hydrogens (tertiary/aromatic N) is 4. The van der Waals surface area contributed by atoms with Gasteiger partial charge in [-0.3, -0.25) is 14.4 Å². The lowest BCUT2D eigenvalue weighted by Crippen LogP contribution is -2.45. The third kappa shape index (κ3) is 5.48. The molecule has 1 saturated heterocycles. The SMILES string of the molecule is N#Cc1cc2c(nc1SCC(=O)N(Cc1ccccc1)C1CC(=O)N(c3ccccc3)C1=O)CCCCC2. The van der Waals surface area contributed by atoms with Crippen LogP contribution in [0.5, 0.6) is 0 Å². The first-order valence-electron chi connectivity index (χ1n) is 12.9. The van der Waals surface area contributed by atoms with Gasteiger partial charge in [0.2, 0.25) is 11.8 Å². The van der Waals surface area contributed by atoms with E-state index in [1.165, 1.54) is 21.6 Å². The Morgan fingerprint density at radius 3 is 2.47 bits per heavy atom. The zero-order valence-electron chi connectivity index (χ0n) is 21.0. The molecule has 1 aliphatic heterocycles. The Morgan fingerprint density at radius 1 is 1.03 bits per heavy atom. The number of imide groups is 1. The largest absolute Gasteiger partial charge is 0.325 e. The van der Waals surface area contributed by atoms with Crippen LogP contribution < -0.4 is 4.90 Å².